The molecule has 34 heavy (non-hydrogen) atoms. The van der Waals surface area contributed by atoms with Crippen LogP contribution in [0.25, 0.3) is 21.5 Å². The van der Waals surface area contributed by atoms with Crippen molar-refractivity contribution in [3.8, 4) is 0 Å². The molecule has 4 aromatic carbocycles. The van der Waals surface area contributed by atoms with Gasteiger partial charge in [0.15, 0.2) is 6.29 Å². The largest absolute Gasteiger partial charge is 0.459 e. The van der Waals surface area contributed by atoms with E-state index in [0.717, 1.165) is 21.5 Å². The van der Waals surface area contributed by atoms with E-state index in [-0.39, 0.29) is 6.61 Å². The molecule has 0 amide bonds. The fraction of sp³-hybridized carbons (Fsp3) is 0.214. The predicted octanol–water partition coefficient (Wildman–Crippen LogP) is 5.14. The molecule has 1 heterocycles. The second kappa shape index (κ2) is 9.63. The number of ether oxygens (including phenoxy) is 4. The molecule has 0 aromatic heterocycles. The summed E-state index contributed by atoms with van der Waals surface area (Å²) in [6.07, 6.45) is -1.42. The van der Waals surface area contributed by atoms with Gasteiger partial charge in [0.2, 0.25) is 0 Å². The summed E-state index contributed by atoms with van der Waals surface area (Å²) in [5.41, 5.74) is 0.899. The van der Waals surface area contributed by atoms with E-state index >= 15 is 0 Å². The van der Waals surface area contributed by atoms with Crippen LogP contribution in [0.4, 0.5) is 0 Å². The molecule has 6 nitrogen and oxygen atoms in total. The van der Waals surface area contributed by atoms with Crippen molar-refractivity contribution in [1.82, 2.24) is 0 Å². The lowest BCUT2D eigenvalue weighted by molar-refractivity contribution is -0.128. The van der Waals surface area contributed by atoms with Crippen LogP contribution >= 0.6 is 0 Å². The summed E-state index contributed by atoms with van der Waals surface area (Å²) in [5, 5.41) is 3.99. The third-order valence-electron chi connectivity index (χ3n) is 6.04. The van der Waals surface area contributed by atoms with E-state index < -0.39 is 30.4 Å². The van der Waals surface area contributed by atoms with Gasteiger partial charge in [0.05, 0.1) is 11.1 Å². The van der Waals surface area contributed by atoms with Crippen LogP contribution < -0.4 is 0 Å². The first-order chi connectivity index (χ1) is 16.6. The molecule has 4 aromatic rings. The number of benzene rings is 4. The molecule has 1 fully saturated rings. The summed E-state index contributed by atoms with van der Waals surface area (Å²) in [4.78, 5) is 25.5. The van der Waals surface area contributed by atoms with E-state index in [4.69, 9.17) is 18.9 Å². The second-order valence-electron chi connectivity index (χ2n) is 8.24. The van der Waals surface area contributed by atoms with Gasteiger partial charge in [-0.1, -0.05) is 60.7 Å². The minimum Gasteiger partial charge on any atom is -0.459 e. The van der Waals surface area contributed by atoms with Crippen molar-refractivity contribution in [1.29, 1.82) is 0 Å². The quantitative estimate of drug-likeness (QED) is 0.374. The molecular formula is C28H24O6. The Bertz CT molecular complexity index is 1350. The van der Waals surface area contributed by atoms with Crippen LogP contribution in [0.3, 0.4) is 0 Å². The van der Waals surface area contributed by atoms with Crippen LogP contribution in [0.5, 0.6) is 0 Å². The summed E-state index contributed by atoms with van der Waals surface area (Å²) < 4.78 is 22.4. The monoisotopic (exact) mass is 456 g/mol. The zero-order valence-electron chi connectivity index (χ0n) is 18.7. The zero-order chi connectivity index (χ0) is 23.5. The summed E-state index contributed by atoms with van der Waals surface area (Å²) in [6.45, 7) is -0.0544. The molecule has 1 aliphatic heterocycles. The standard InChI is InChI=1S/C28H24O6/c1-31-26-16-24(34-28(30)23-13-11-19-7-3-5-9-21(19)15-23)25(33-26)17-32-27(29)22-12-10-18-6-2-4-8-20(18)14-22/h2-15,24-26H,16-17H2,1H3/t24?,25-,26?/m0/s1. The van der Waals surface area contributed by atoms with Crippen LogP contribution in [-0.2, 0) is 18.9 Å². The number of carbonyl (C=O) groups is 2. The Morgan fingerprint density at radius 2 is 1.35 bits per heavy atom. The molecular weight excluding hydrogens is 432 g/mol. The zero-order valence-corrected chi connectivity index (χ0v) is 18.7. The Morgan fingerprint density at radius 3 is 1.94 bits per heavy atom. The average molecular weight is 456 g/mol. The fourth-order valence-corrected chi connectivity index (χ4v) is 4.18. The van der Waals surface area contributed by atoms with Crippen molar-refractivity contribution in [3.05, 3.63) is 96.1 Å². The summed E-state index contributed by atoms with van der Waals surface area (Å²) in [6, 6.07) is 26.4. The van der Waals surface area contributed by atoms with E-state index in [0.29, 0.717) is 17.5 Å². The van der Waals surface area contributed by atoms with Gasteiger partial charge in [-0.25, -0.2) is 9.59 Å². The van der Waals surface area contributed by atoms with Gasteiger partial charge >= 0.3 is 11.9 Å². The lowest BCUT2D eigenvalue weighted by Crippen LogP contribution is -2.32. The van der Waals surface area contributed by atoms with Crippen molar-refractivity contribution in [2.75, 3.05) is 13.7 Å². The van der Waals surface area contributed by atoms with Gasteiger partial charge in [0, 0.05) is 13.5 Å². The van der Waals surface area contributed by atoms with E-state index in [1.54, 1.807) is 24.3 Å². The Hall–Kier alpha value is -3.74. The normalized spacial score (nSPS) is 19.9. The first kappa shape index (κ1) is 22.1. The third-order valence-corrected chi connectivity index (χ3v) is 6.04. The maximum absolute atomic E-state index is 12.8. The van der Waals surface area contributed by atoms with Crippen LogP contribution in [-0.4, -0.2) is 44.2 Å². The number of hydrogen-bond acceptors (Lipinski definition) is 6. The SMILES string of the molecule is COC1CC(OC(=O)c2ccc3ccccc3c2)[C@H](COC(=O)c2ccc3ccccc3c2)O1. The van der Waals surface area contributed by atoms with Crippen LogP contribution in [0, 0.1) is 0 Å². The molecule has 3 atom stereocenters. The molecule has 1 saturated heterocycles. The Kier molecular flexibility index (Phi) is 6.25. The first-order valence-electron chi connectivity index (χ1n) is 11.1. The van der Waals surface area contributed by atoms with Gasteiger partial charge in [-0.05, 0) is 45.8 Å². The van der Waals surface area contributed by atoms with Gasteiger partial charge in [0.25, 0.3) is 0 Å². The maximum Gasteiger partial charge on any atom is 0.338 e. The number of rotatable bonds is 6. The van der Waals surface area contributed by atoms with Gasteiger partial charge in [-0.15, -0.1) is 0 Å². The van der Waals surface area contributed by atoms with Gasteiger partial charge in [0.1, 0.15) is 18.8 Å². The minimum atomic E-state index is -0.626. The Labute approximate surface area is 197 Å². The van der Waals surface area contributed by atoms with E-state index in [9.17, 15) is 9.59 Å². The molecule has 0 saturated carbocycles. The molecule has 0 aliphatic carbocycles. The molecule has 0 spiro atoms. The number of esters is 2. The van der Waals surface area contributed by atoms with Crippen LogP contribution in [0.2, 0.25) is 0 Å². The van der Waals surface area contributed by atoms with Crippen molar-refractivity contribution < 1.29 is 28.5 Å². The molecule has 0 N–H and O–H groups in total. The number of carbonyl (C=O) groups excluding carboxylic acids is 2. The van der Waals surface area contributed by atoms with Crippen LogP contribution in [0.1, 0.15) is 27.1 Å². The second-order valence-corrected chi connectivity index (χ2v) is 8.24. The number of hydrogen-bond donors (Lipinski definition) is 0. The van der Waals surface area contributed by atoms with E-state index in [1.165, 1.54) is 7.11 Å². The predicted molar refractivity (Wildman–Crippen MR) is 128 cm³/mol. The molecule has 2 unspecified atom stereocenters. The average Bonchev–Trinajstić information content (AvgIpc) is 3.28. The smallest absolute Gasteiger partial charge is 0.338 e. The maximum atomic E-state index is 12.8. The first-order valence-corrected chi connectivity index (χ1v) is 11.1. The molecule has 0 bridgehead atoms. The summed E-state index contributed by atoms with van der Waals surface area (Å²) in [5.74, 6) is -0.920. The molecule has 172 valence electrons. The Morgan fingerprint density at radius 1 is 0.794 bits per heavy atom. The molecule has 6 heteroatoms. The fourth-order valence-electron chi connectivity index (χ4n) is 4.18. The van der Waals surface area contributed by atoms with Gasteiger partial charge < -0.3 is 18.9 Å². The van der Waals surface area contributed by atoms with E-state index in [2.05, 4.69) is 0 Å². The topological polar surface area (TPSA) is 71.1 Å². The highest BCUT2D eigenvalue weighted by Crippen LogP contribution is 2.26. The van der Waals surface area contributed by atoms with Crippen LogP contribution in [0.15, 0.2) is 84.9 Å². The third kappa shape index (κ3) is 4.64. The van der Waals surface area contributed by atoms with Crippen molar-refractivity contribution >= 4 is 33.5 Å². The number of methoxy groups -OCH3 is 1. The summed E-state index contributed by atoms with van der Waals surface area (Å²) in [7, 11) is 1.52. The number of fused-ring (bicyclic) bond motifs is 2. The lowest BCUT2D eigenvalue weighted by Gasteiger charge is -2.19. The highest BCUT2D eigenvalue weighted by molar-refractivity contribution is 5.96. The minimum absolute atomic E-state index is 0.0544. The van der Waals surface area contributed by atoms with Crippen molar-refractivity contribution in [3.63, 3.8) is 0 Å². The van der Waals surface area contributed by atoms with E-state index in [1.807, 2.05) is 60.7 Å². The highest BCUT2D eigenvalue weighted by atomic mass is 16.7. The van der Waals surface area contributed by atoms with Crippen molar-refractivity contribution in [2.24, 2.45) is 0 Å². The highest BCUT2D eigenvalue weighted by Gasteiger charge is 2.39. The van der Waals surface area contributed by atoms with Crippen molar-refractivity contribution in [2.45, 2.75) is 24.9 Å². The Balaban J connectivity index is 1.26. The van der Waals surface area contributed by atoms with Gasteiger partial charge in [-0.2, -0.15) is 0 Å². The summed E-state index contributed by atoms with van der Waals surface area (Å²) >= 11 is 0. The molecule has 1 aliphatic rings. The lowest BCUT2D eigenvalue weighted by atomic mass is 10.1. The molecule has 5 rings (SSSR count). The van der Waals surface area contributed by atoms with Gasteiger partial charge in [-0.3, -0.25) is 0 Å². The molecule has 0 radical (unpaired) electrons.